The van der Waals surface area contributed by atoms with Crippen molar-refractivity contribution in [2.24, 2.45) is 0 Å². The molecule has 0 fully saturated rings. The summed E-state index contributed by atoms with van der Waals surface area (Å²) in [6.07, 6.45) is 0. The van der Waals surface area contributed by atoms with E-state index in [1.165, 1.54) is 219 Å². The Kier molecular flexibility index (Phi) is 15.7. The van der Waals surface area contributed by atoms with Crippen LogP contribution in [0.25, 0.3) is 242 Å². The van der Waals surface area contributed by atoms with Crippen LogP contribution in [-0.4, -0.2) is 18.3 Å². The Balaban J connectivity index is 0.000000134. The Bertz CT molecular complexity index is 8530. The summed E-state index contributed by atoms with van der Waals surface area (Å²) in [6.45, 7) is 0. The molecule has 0 saturated carbocycles. The molecule has 0 N–H and O–H groups in total. The molecule has 1 aliphatic rings. The normalized spacial score (nSPS) is 11.9. The number of hydrogen-bond acceptors (Lipinski definition) is 0. The minimum absolute atomic E-state index is 1.15. The first kappa shape index (κ1) is 69.0. The Morgan fingerprint density at radius 1 is 0.107 bits per heavy atom. The van der Waals surface area contributed by atoms with Gasteiger partial charge in [0.05, 0.1) is 44.1 Å². The van der Waals surface area contributed by atoms with Gasteiger partial charge in [-0.15, -0.1) is 0 Å². The van der Waals surface area contributed by atoms with Crippen molar-refractivity contribution in [3.63, 3.8) is 0 Å². The lowest BCUT2D eigenvalue weighted by Gasteiger charge is -2.13. The van der Waals surface area contributed by atoms with E-state index in [9.17, 15) is 0 Å². The Morgan fingerprint density at radius 2 is 0.361 bits per heavy atom. The molecule has 0 aliphatic heterocycles. The van der Waals surface area contributed by atoms with E-state index in [1.54, 1.807) is 0 Å². The average molecular weight is 1550 g/mol. The molecule has 0 amide bonds. The van der Waals surface area contributed by atoms with Gasteiger partial charge in [0.1, 0.15) is 0 Å². The quantitative estimate of drug-likeness (QED) is 0.122. The van der Waals surface area contributed by atoms with Crippen LogP contribution >= 0.6 is 0 Å². The lowest BCUT2D eigenvalue weighted by atomic mass is 9.92. The van der Waals surface area contributed by atoms with E-state index < -0.39 is 0 Å². The first-order valence-electron chi connectivity index (χ1n) is 42.2. The summed E-state index contributed by atoms with van der Waals surface area (Å²) in [5, 5.41) is 20.4. The number of nitrogens with zero attached hydrogens (tertiary/aromatic N) is 4. The molecule has 4 nitrogen and oxygen atoms in total. The molecule has 0 unspecified atom stereocenters. The Morgan fingerprint density at radius 3 is 0.779 bits per heavy atom. The van der Waals surface area contributed by atoms with Gasteiger partial charge < -0.3 is 18.3 Å². The fourth-order valence-electron chi connectivity index (χ4n) is 20.4. The summed E-state index contributed by atoms with van der Waals surface area (Å²) in [5.74, 6) is 0. The number of aromatic nitrogens is 4. The summed E-state index contributed by atoms with van der Waals surface area (Å²) in [5.41, 5.74) is 34.2. The van der Waals surface area contributed by atoms with Gasteiger partial charge in [-0.25, -0.2) is 0 Å². The fraction of sp³-hybridized carbons (Fsp3) is 0. The molecule has 26 rings (SSSR count). The Labute approximate surface area is 704 Å². The van der Waals surface area contributed by atoms with E-state index >= 15 is 0 Å². The highest BCUT2D eigenvalue weighted by Crippen LogP contribution is 2.51. The molecule has 0 atom stereocenters. The highest BCUT2D eigenvalue weighted by Gasteiger charge is 2.25. The smallest absolute Gasteiger partial charge is 0.0541 e. The van der Waals surface area contributed by atoms with Crippen molar-refractivity contribution in [2.75, 3.05) is 0 Å². The molecule has 1 aliphatic carbocycles. The molecule has 21 aromatic carbocycles. The van der Waals surface area contributed by atoms with Crippen LogP contribution in [0.3, 0.4) is 0 Å². The van der Waals surface area contributed by atoms with Crippen molar-refractivity contribution >= 4 is 130 Å². The summed E-state index contributed by atoms with van der Waals surface area (Å²) < 4.78 is 9.65. The molecule has 0 saturated heterocycles. The topological polar surface area (TPSA) is 19.7 Å². The van der Waals surface area contributed by atoms with Gasteiger partial charge in [-0.2, -0.15) is 0 Å². The van der Waals surface area contributed by atoms with E-state index in [2.05, 4.69) is 467 Å². The van der Waals surface area contributed by atoms with Crippen molar-refractivity contribution in [1.82, 2.24) is 18.3 Å². The molecule has 4 heteroatoms. The molecular weight excluding hydrogens is 1470 g/mol. The zero-order chi connectivity index (χ0) is 80.0. The molecule has 0 spiro atoms. The highest BCUT2D eigenvalue weighted by atomic mass is 15.0. The third-order valence-electron chi connectivity index (χ3n) is 26.0. The van der Waals surface area contributed by atoms with Gasteiger partial charge in [-0.1, -0.05) is 322 Å². The van der Waals surface area contributed by atoms with E-state index in [0.717, 1.165) is 22.7 Å². The summed E-state index contributed by atoms with van der Waals surface area (Å²) in [7, 11) is 0. The highest BCUT2D eigenvalue weighted by molar-refractivity contribution is 6.26. The molecule has 122 heavy (non-hydrogen) atoms. The zero-order valence-electron chi connectivity index (χ0n) is 66.5. The van der Waals surface area contributed by atoms with Crippen LogP contribution in [-0.2, 0) is 0 Å². The molecule has 566 valence electrons. The molecule has 25 aromatic rings. The Hall–Kier alpha value is -16.1. The minimum atomic E-state index is 1.15. The van der Waals surface area contributed by atoms with Gasteiger partial charge in [0.25, 0.3) is 0 Å². The second kappa shape index (κ2) is 27.8. The first-order valence-corrected chi connectivity index (χ1v) is 42.2. The first-order chi connectivity index (χ1) is 60.5. The van der Waals surface area contributed by atoms with E-state index in [1.807, 2.05) is 0 Å². The molecule has 0 radical (unpaired) electrons. The van der Waals surface area contributed by atoms with Crippen molar-refractivity contribution < 1.29 is 0 Å². The SMILES string of the molecule is c1ccc(-c2ccc(-n3c4ccccc4c4cc(-c5ccc6c(c5)c5ccccc5n6-c5ccc(-c6ccc7c8ccccc8c8ccccc8c7c6)cc5)ccc43)cc2)cc1.c1ccc(-c2ccc(-n3c4ccccc4c4cc(-c5ccc6c(c5)c5ccccc5n6-c5cccc(-c6ccc7c8c(cccc68)-c6ccccc6-7)c5)ccc43)cc2)cc1. The second-order valence-corrected chi connectivity index (χ2v) is 32.5. The average Bonchev–Trinajstić information content (AvgIpc) is 1.22. The summed E-state index contributed by atoms with van der Waals surface area (Å²) in [6, 6.07) is 165. The molecule has 0 bridgehead atoms. The van der Waals surface area contributed by atoms with Crippen LogP contribution in [0.2, 0.25) is 0 Å². The lowest BCUT2D eigenvalue weighted by molar-refractivity contribution is 1.18. The maximum atomic E-state index is 2.44. The zero-order valence-corrected chi connectivity index (χ0v) is 66.5. The van der Waals surface area contributed by atoms with Crippen molar-refractivity contribution in [2.45, 2.75) is 0 Å². The monoisotopic (exact) mass is 1550 g/mol. The van der Waals surface area contributed by atoms with E-state index in [0.29, 0.717) is 0 Å². The summed E-state index contributed by atoms with van der Waals surface area (Å²) in [4.78, 5) is 0. The standard InChI is InChI=1S/C60H38N2.C58H36N2/c1-2-12-39(13-3-1)40-22-29-45(30-23-40)61-57-20-10-8-18-52(57)55-37-43(27-34-59(55)61)44-28-35-60-56(38-44)53-19-9-11-21-58(53)62(60)46-31-24-41(25-32-46)42-26-33-51-49-16-5-4-14-47(49)48-15-6-7-17-50(48)54(51)36-42;1-2-12-37(13-3-1)38-24-28-42(29-25-38)59-54-22-8-6-18-47(54)52-35-39(26-32-56(52)59)40-27-33-57-53(36-40)48-19-7-9-23-55(48)60(57)43-15-10-14-41(34-43)44-30-31-51-46-17-5-4-16-45(46)50-21-11-20-49(44)58(50)51/h1-38H;1-36H. The van der Waals surface area contributed by atoms with Crippen LogP contribution < -0.4 is 0 Å². The largest absolute Gasteiger partial charge is 0.309 e. The van der Waals surface area contributed by atoms with E-state index in [-0.39, 0.29) is 0 Å². The maximum Gasteiger partial charge on any atom is 0.0541 e. The second-order valence-electron chi connectivity index (χ2n) is 32.5. The number of hydrogen-bond donors (Lipinski definition) is 0. The predicted molar refractivity (Wildman–Crippen MR) is 517 cm³/mol. The van der Waals surface area contributed by atoms with Crippen LogP contribution in [0.5, 0.6) is 0 Å². The van der Waals surface area contributed by atoms with Gasteiger partial charge in [0.15, 0.2) is 0 Å². The predicted octanol–water partition coefficient (Wildman–Crippen LogP) is 32.0. The fourth-order valence-corrected chi connectivity index (χ4v) is 20.4. The third-order valence-corrected chi connectivity index (χ3v) is 26.0. The van der Waals surface area contributed by atoms with Crippen LogP contribution in [0.15, 0.2) is 449 Å². The number of benzene rings is 21. The number of rotatable bonds is 10. The molecular formula is C118H74N4. The van der Waals surface area contributed by atoms with Gasteiger partial charge >= 0.3 is 0 Å². The maximum absolute atomic E-state index is 2.44. The van der Waals surface area contributed by atoms with E-state index in [4.69, 9.17) is 0 Å². The lowest BCUT2D eigenvalue weighted by Crippen LogP contribution is -1.94. The van der Waals surface area contributed by atoms with Crippen molar-refractivity contribution in [3.8, 4) is 112 Å². The van der Waals surface area contributed by atoms with Gasteiger partial charge in [0, 0.05) is 65.8 Å². The van der Waals surface area contributed by atoms with Crippen LogP contribution in [0, 0.1) is 0 Å². The molecule has 4 aromatic heterocycles. The molecule has 4 heterocycles. The van der Waals surface area contributed by atoms with Crippen molar-refractivity contribution in [1.29, 1.82) is 0 Å². The van der Waals surface area contributed by atoms with Crippen LogP contribution in [0.4, 0.5) is 0 Å². The third kappa shape index (κ3) is 10.9. The summed E-state index contributed by atoms with van der Waals surface area (Å²) >= 11 is 0. The van der Waals surface area contributed by atoms with Crippen LogP contribution in [0.1, 0.15) is 0 Å². The van der Waals surface area contributed by atoms with Gasteiger partial charge in [-0.05, 0) is 259 Å². The van der Waals surface area contributed by atoms with Crippen molar-refractivity contribution in [3.05, 3.63) is 449 Å². The number of para-hydroxylation sites is 4. The van der Waals surface area contributed by atoms with Gasteiger partial charge in [-0.3, -0.25) is 0 Å². The minimum Gasteiger partial charge on any atom is -0.309 e. The van der Waals surface area contributed by atoms with Gasteiger partial charge in [0.2, 0.25) is 0 Å². The number of fused-ring (bicyclic) bond motifs is 21.